The lowest BCUT2D eigenvalue weighted by Crippen LogP contribution is -1.99. The zero-order valence-electron chi connectivity index (χ0n) is 10.8. The van der Waals surface area contributed by atoms with Crippen LogP contribution >= 0.6 is 27.7 Å². The molecule has 1 heterocycles. The Morgan fingerprint density at radius 3 is 2.76 bits per heavy atom. The predicted octanol–water partition coefficient (Wildman–Crippen LogP) is 3.86. The SMILES string of the molecule is Fc1ccc(Br)cc1CSc1nnnn1-c1ccccc1. The molecule has 0 aliphatic heterocycles. The Balaban J connectivity index is 1.81. The van der Waals surface area contributed by atoms with Gasteiger partial charge in [-0.1, -0.05) is 45.9 Å². The number of thioether (sulfide) groups is 1. The Hall–Kier alpha value is -1.73. The quantitative estimate of drug-likeness (QED) is 0.659. The molecule has 0 N–H and O–H groups in total. The molecule has 21 heavy (non-hydrogen) atoms. The molecule has 1 aromatic heterocycles. The maximum absolute atomic E-state index is 13.7. The normalized spacial score (nSPS) is 10.8. The molecule has 3 aromatic rings. The Morgan fingerprint density at radius 1 is 1.14 bits per heavy atom. The molecule has 0 unspecified atom stereocenters. The summed E-state index contributed by atoms with van der Waals surface area (Å²) in [6.45, 7) is 0. The highest BCUT2D eigenvalue weighted by atomic mass is 79.9. The second kappa shape index (κ2) is 6.36. The summed E-state index contributed by atoms with van der Waals surface area (Å²) in [6.07, 6.45) is 0. The largest absolute Gasteiger partial charge is 0.214 e. The van der Waals surface area contributed by atoms with E-state index in [1.807, 2.05) is 30.3 Å². The summed E-state index contributed by atoms with van der Waals surface area (Å²) in [5.41, 5.74) is 1.48. The average Bonchev–Trinajstić information content (AvgIpc) is 2.97. The average molecular weight is 365 g/mol. The molecule has 0 atom stereocenters. The van der Waals surface area contributed by atoms with Crippen molar-refractivity contribution in [3.05, 3.63) is 64.4 Å². The summed E-state index contributed by atoms with van der Waals surface area (Å²) in [6, 6.07) is 14.5. The smallest absolute Gasteiger partial charge is 0.207 e. The van der Waals surface area contributed by atoms with Crippen molar-refractivity contribution in [2.24, 2.45) is 0 Å². The Kier molecular flexibility index (Phi) is 4.31. The summed E-state index contributed by atoms with van der Waals surface area (Å²) < 4.78 is 16.2. The van der Waals surface area contributed by atoms with Crippen LogP contribution in [-0.2, 0) is 5.75 Å². The molecule has 0 aliphatic carbocycles. The number of halogens is 2. The highest BCUT2D eigenvalue weighted by Crippen LogP contribution is 2.25. The van der Waals surface area contributed by atoms with E-state index in [1.165, 1.54) is 17.8 Å². The van der Waals surface area contributed by atoms with Gasteiger partial charge in [0, 0.05) is 10.2 Å². The van der Waals surface area contributed by atoms with Gasteiger partial charge in [0.15, 0.2) is 0 Å². The second-order valence-corrected chi connectivity index (χ2v) is 6.09. The highest BCUT2D eigenvalue weighted by Gasteiger charge is 2.10. The van der Waals surface area contributed by atoms with E-state index < -0.39 is 0 Å². The molecule has 106 valence electrons. The minimum atomic E-state index is -0.232. The third kappa shape index (κ3) is 3.30. The van der Waals surface area contributed by atoms with Crippen LogP contribution < -0.4 is 0 Å². The Labute approximate surface area is 133 Å². The number of hydrogen-bond acceptors (Lipinski definition) is 4. The first-order valence-electron chi connectivity index (χ1n) is 6.14. The molecule has 0 radical (unpaired) electrons. The van der Waals surface area contributed by atoms with Gasteiger partial charge in [-0.25, -0.2) is 4.39 Å². The summed E-state index contributed by atoms with van der Waals surface area (Å²) in [5.74, 6) is 0.225. The van der Waals surface area contributed by atoms with E-state index >= 15 is 0 Å². The Morgan fingerprint density at radius 2 is 1.95 bits per heavy atom. The van der Waals surface area contributed by atoms with E-state index in [0.717, 1.165) is 10.2 Å². The lowest BCUT2D eigenvalue weighted by Gasteiger charge is -2.05. The summed E-state index contributed by atoms with van der Waals surface area (Å²) in [5, 5.41) is 12.3. The summed E-state index contributed by atoms with van der Waals surface area (Å²) >= 11 is 4.74. The van der Waals surface area contributed by atoms with E-state index in [1.54, 1.807) is 16.8 Å². The van der Waals surface area contributed by atoms with Gasteiger partial charge in [0.2, 0.25) is 5.16 Å². The molecule has 3 rings (SSSR count). The van der Waals surface area contributed by atoms with E-state index in [2.05, 4.69) is 31.5 Å². The molecule has 0 bridgehead atoms. The zero-order chi connectivity index (χ0) is 14.7. The van der Waals surface area contributed by atoms with Gasteiger partial charge in [-0.15, -0.1) is 5.10 Å². The van der Waals surface area contributed by atoms with Gasteiger partial charge in [-0.05, 0) is 46.3 Å². The first kappa shape index (κ1) is 14.2. The third-order valence-electron chi connectivity index (χ3n) is 2.81. The lowest BCUT2D eigenvalue weighted by atomic mass is 10.2. The Bertz CT molecular complexity index is 748. The van der Waals surface area contributed by atoms with Crippen molar-refractivity contribution in [1.29, 1.82) is 0 Å². The molecule has 0 fully saturated rings. The number of hydrogen-bond donors (Lipinski definition) is 0. The number of benzene rings is 2. The summed E-state index contributed by atoms with van der Waals surface area (Å²) in [4.78, 5) is 0. The number of tetrazole rings is 1. The van der Waals surface area contributed by atoms with Gasteiger partial charge in [-0.2, -0.15) is 4.68 Å². The summed E-state index contributed by atoms with van der Waals surface area (Å²) in [7, 11) is 0. The maximum Gasteiger partial charge on any atom is 0.214 e. The van der Waals surface area contributed by atoms with Crippen LogP contribution in [-0.4, -0.2) is 20.2 Å². The first-order valence-corrected chi connectivity index (χ1v) is 7.92. The zero-order valence-corrected chi connectivity index (χ0v) is 13.2. The van der Waals surface area contributed by atoms with Crippen molar-refractivity contribution < 1.29 is 4.39 Å². The fourth-order valence-electron chi connectivity index (χ4n) is 1.80. The maximum atomic E-state index is 13.7. The van der Waals surface area contributed by atoms with Gasteiger partial charge >= 0.3 is 0 Å². The van der Waals surface area contributed by atoms with Crippen LogP contribution in [0.15, 0.2) is 58.2 Å². The van der Waals surface area contributed by atoms with Crippen molar-refractivity contribution in [2.45, 2.75) is 10.9 Å². The van der Waals surface area contributed by atoms with Crippen molar-refractivity contribution in [3.63, 3.8) is 0 Å². The molecular weight excluding hydrogens is 355 g/mol. The van der Waals surface area contributed by atoms with Crippen LogP contribution in [0, 0.1) is 5.82 Å². The minimum Gasteiger partial charge on any atom is -0.207 e. The first-order chi connectivity index (χ1) is 10.2. The van der Waals surface area contributed by atoms with Crippen LogP contribution in [0.2, 0.25) is 0 Å². The number of aromatic nitrogens is 4. The van der Waals surface area contributed by atoms with E-state index in [9.17, 15) is 4.39 Å². The third-order valence-corrected chi connectivity index (χ3v) is 4.27. The lowest BCUT2D eigenvalue weighted by molar-refractivity contribution is 0.617. The number of rotatable bonds is 4. The molecule has 0 saturated heterocycles. The van der Waals surface area contributed by atoms with Gasteiger partial charge in [0.05, 0.1) is 5.69 Å². The standard InChI is InChI=1S/C14H10BrFN4S/c15-11-6-7-13(16)10(8-11)9-21-14-17-18-19-20(14)12-4-2-1-3-5-12/h1-8H,9H2. The van der Waals surface area contributed by atoms with Crippen molar-refractivity contribution in [1.82, 2.24) is 20.2 Å². The van der Waals surface area contributed by atoms with Crippen LogP contribution in [0.5, 0.6) is 0 Å². The molecule has 7 heteroatoms. The van der Waals surface area contributed by atoms with Gasteiger partial charge in [-0.3, -0.25) is 0 Å². The fourth-order valence-corrected chi connectivity index (χ4v) is 3.07. The highest BCUT2D eigenvalue weighted by molar-refractivity contribution is 9.10. The van der Waals surface area contributed by atoms with E-state index in [-0.39, 0.29) is 5.82 Å². The van der Waals surface area contributed by atoms with E-state index in [4.69, 9.17) is 0 Å². The monoisotopic (exact) mass is 364 g/mol. The second-order valence-electron chi connectivity index (χ2n) is 4.23. The molecule has 0 aliphatic rings. The molecule has 4 nitrogen and oxygen atoms in total. The minimum absolute atomic E-state index is 0.232. The van der Waals surface area contributed by atoms with E-state index in [0.29, 0.717) is 16.5 Å². The molecule has 0 spiro atoms. The predicted molar refractivity (Wildman–Crippen MR) is 82.8 cm³/mol. The molecule has 0 amide bonds. The van der Waals surface area contributed by atoms with Gasteiger partial charge in [0.1, 0.15) is 5.82 Å². The number of para-hydroxylation sites is 1. The van der Waals surface area contributed by atoms with Crippen LogP contribution in [0.25, 0.3) is 5.69 Å². The van der Waals surface area contributed by atoms with Crippen LogP contribution in [0.3, 0.4) is 0 Å². The fraction of sp³-hybridized carbons (Fsp3) is 0.0714. The van der Waals surface area contributed by atoms with Crippen molar-refractivity contribution >= 4 is 27.7 Å². The van der Waals surface area contributed by atoms with Crippen molar-refractivity contribution in [2.75, 3.05) is 0 Å². The molecule has 0 saturated carbocycles. The van der Waals surface area contributed by atoms with Gasteiger partial charge < -0.3 is 0 Å². The van der Waals surface area contributed by atoms with Gasteiger partial charge in [0.25, 0.3) is 0 Å². The topological polar surface area (TPSA) is 43.6 Å². The van der Waals surface area contributed by atoms with Crippen molar-refractivity contribution in [3.8, 4) is 5.69 Å². The van der Waals surface area contributed by atoms with Crippen LogP contribution in [0.4, 0.5) is 4.39 Å². The number of nitrogens with zero attached hydrogens (tertiary/aromatic N) is 4. The molecule has 2 aromatic carbocycles. The van der Waals surface area contributed by atoms with Crippen LogP contribution in [0.1, 0.15) is 5.56 Å². The molecular formula is C14H10BrFN4S.